The van der Waals surface area contributed by atoms with Crippen molar-refractivity contribution in [2.45, 2.75) is 31.6 Å². The Labute approximate surface area is 251 Å². The molecule has 0 N–H and O–H groups in total. The lowest BCUT2D eigenvalue weighted by atomic mass is 9.64. The molecular formula is C35H26N2O5S. The van der Waals surface area contributed by atoms with Gasteiger partial charge in [0, 0.05) is 16.4 Å². The van der Waals surface area contributed by atoms with Gasteiger partial charge in [0.15, 0.2) is 0 Å². The van der Waals surface area contributed by atoms with E-state index in [-0.39, 0.29) is 5.91 Å². The Morgan fingerprint density at radius 1 is 0.953 bits per heavy atom. The third-order valence-corrected chi connectivity index (χ3v) is 10.7. The van der Waals surface area contributed by atoms with Crippen molar-refractivity contribution >= 4 is 50.5 Å². The molecule has 7 nitrogen and oxygen atoms in total. The lowest BCUT2D eigenvalue weighted by Crippen LogP contribution is -2.42. The van der Waals surface area contributed by atoms with E-state index in [1.54, 1.807) is 13.2 Å². The number of amides is 2. The highest BCUT2D eigenvalue weighted by atomic mass is 32.1. The number of ether oxygens (including phenoxy) is 2. The maximum absolute atomic E-state index is 14.5. The summed E-state index contributed by atoms with van der Waals surface area (Å²) in [6, 6.07) is 21.4. The number of fused-ring (bicyclic) bond motifs is 8. The molecule has 4 aromatic rings. The number of carbonyl (C=O) groups is 3. The van der Waals surface area contributed by atoms with Gasteiger partial charge in [-0.05, 0) is 71.4 Å². The molecule has 8 heteroatoms. The van der Waals surface area contributed by atoms with Crippen LogP contribution in [0.3, 0.4) is 0 Å². The first kappa shape index (κ1) is 25.9. The fourth-order valence-corrected chi connectivity index (χ4v) is 8.86. The van der Waals surface area contributed by atoms with Crippen molar-refractivity contribution in [1.82, 2.24) is 0 Å². The highest BCUT2D eigenvalue weighted by molar-refractivity contribution is 7.17. The number of aryl methyl sites for hydroxylation is 1. The Balaban J connectivity index is 1.34. The van der Waals surface area contributed by atoms with Crippen molar-refractivity contribution in [1.29, 1.82) is 5.26 Å². The van der Waals surface area contributed by atoms with Crippen molar-refractivity contribution in [2.24, 2.45) is 17.8 Å². The third-order valence-electron chi connectivity index (χ3n) is 9.45. The molecule has 0 radical (unpaired) electrons. The van der Waals surface area contributed by atoms with Gasteiger partial charge in [-0.3, -0.25) is 14.4 Å². The summed E-state index contributed by atoms with van der Waals surface area (Å²) in [4.78, 5) is 45.1. The van der Waals surface area contributed by atoms with Crippen LogP contribution in [0.5, 0.6) is 11.5 Å². The Morgan fingerprint density at radius 3 is 2.51 bits per heavy atom. The third kappa shape index (κ3) is 3.68. The molecule has 212 valence electrons. The van der Waals surface area contributed by atoms with Gasteiger partial charge in [-0.1, -0.05) is 48.5 Å². The van der Waals surface area contributed by atoms with E-state index >= 15 is 0 Å². The minimum absolute atomic E-state index is 0.377. The van der Waals surface area contributed by atoms with Crippen LogP contribution in [0, 0.1) is 29.1 Å². The fourth-order valence-electron chi connectivity index (χ4n) is 7.51. The normalized spacial score (nSPS) is 24.0. The second kappa shape index (κ2) is 9.65. The first-order chi connectivity index (χ1) is 21.0. The molecule has 1 aromatic heterocycles. The number of benzene rings is 3. The number of nitrogens with zero attached hydrogens (tertiary/aromatic N) is 2. The Kier molecular flexibility index (Phi) is 5.82. The van der Waals surface area contributed by atoms with Gasteiger partial charge >= 0.3 is 5.97 Å². The van der Waals surface area contributed by atoms with Crippen LogP contribution in [-0.2, 0) is 27.2 Å². The highest BCUT2D eigenvalue weighted by Crippen LogP contribution is 2.57. The van der Waals surface area contributed by atoms with Gasteiger partial charge in [0.1, 0.15) is 22.6 Å². The molecule has 1 fully saturated rings. The molecule has 0 spiro atoms. The van der Waals surface area contributed by atoms with E-state index in [4.69, 9.17) is 9.47 Å². The molecule has 0 saturated carbocycles. The quantitative estimate of drug-likeness (QED) is 0.162. The largest absolute Gasteiger partial charge is 0.497 e. The van der Waals surface area contributed by atoms with Gasteiger partial charge < -0.3 is 9.47 Å². The number of carbonyl (C=O) groups excluding carboxylic acids is 3. The fraction of sp³-hybridized carbons (Fsp3) is 0.257. The number of hydrogen-bond donors (Lipinski definition) is 0. The number of allylic oxidation sites excluding steroid dienone is 1. The summed E-state index contributed by atoms with van der Waals surface area (Å²) < 4.78 is 11.3. The first-order valence-corrected chi connectivity index (χ1v) is 15.3. The van der Waals surface area contributed by atoms with Gasteiger partial charge in [-0.2, -0.15) is 5.26 Å². The second-order valence-electron chi connectivity index (χ2n) is 11.5. The predicted octanol–water partition coefficient (Wildman–Crippen LogP) is 6.18. The van der Waals surface area contributed by atoms with Gasteiger partial charge in [-0.25, -0.2) is 4.90 Å². The molecule has 1 saturated heterocycles. The van der Waals surface area contributed by atoms with E-state index in [2.05, 4.69) is 6.07 Å². The summed E-state index contributed by atoms with van der Waals surface area (Å²) in [7, 11) is 1.60. The molecule has 2 aliphatic carbocycles. The SMILES string of the molecule is COc1ccc([C@@H]2C=C3c4c(ccc5ccccc45)OC(=O)[C@@H]3[C@H]3C(=O)N(c4sc5c(c4C#N)CCCC5)C(=O)[C@@H]32)cc1. The molecule has 2 amide bonds. The van der Waals surface area contributed by atoms with E-state index < -0.39 is 35.5 Å². The summed E-state index contributed by atoms with van der Waals surface area (Å²) in [5.74, 6) is -3.46. The number of hydrogen-bond acceptors (Lipinski definition) is 7. The zero-order valence-electron chi connectivity index (χ0n) is 23.3. The summed E-state index contributed by atoms with van der Waals surface area (Å²) in [5, 5.41) is 12.5. The van der Waals surface area contributed by atoms with Crippen molar-refractivity contribution in [3.8, 4) is 17.6 Å². The van der Waals surface area contributed by atoms with Crippen molar-refractivity contribution in [3.05, 3.63) is 93.9 Å². The van der Waals surface area contributed by atoms with E-state index in [9.17, 15) is 19.6 Å². The van der Waals surface area contributed by atoms with Crippen LogP contribution in [-0.4, -0.2) is 24.9 Å². The van der Waals surface area contributed by atoms with E-state index in [0.717, 1.165) is 58.0 Å². The van der Waals surface area contributed by atoms with Crippen LogP contribution in [0.1, 0.15) is 45.9 Å². The molecule has 2 aliphatic heterocycles. The molecule has 4 aliphatic rings. The predicted molar refractivity (Wildman–Crippen MR) is 162 cm³/mol. The molecule has 0 bridgehead atoms. The van der Waals surface area contributed by atoms with Gasteiger partial charge in [-0.15, -0.1) is 11.3 Å². The summed E-state index contributed by atoms with van der Waals surface area (Å²) in [6.07, 6.45) is 5.57. The maximum Gasteiger partial charge on any atom is 0.319 e. The number of nitriles is 1. The van der Waals surface area contributed by atoms with Crippen LogP contribution in [0.15, 0.2) is 66.7 Å². The number of esters is 1. The number of anilines is 1. The first-order valence-electron chi connectivity index (χ1n) is 14.5. The minimum Gasteiger partial charge on any atom is -0.497 e. The van der Waals surface area contributed by atoms with Crippen LogP contribution < -0.4 is 14.4 Å². The zero-order chi connectivity index (χ0) is 29.4. The van der Waals surface area contributed by atoms with Crippen LogP contribution >= 0.6 is 11.3 Å². The van der Waals surface area contributed by atoms with Crippen molar-refractivity contribution < 1.29 is 23.9 Å². The van der Waals surface area contributed by atoms with Crippen molar-refractivity contribution in [2.75, 3.05) is 12.0 Å². The summed E-state index contributed by atoms with van der Waals surface area (Å²) >= 11 is 1.37. The topological polar surface area (TPSA) is 96.7 Å². The minimum atomic E-state index is -0.968. The van der Waals surface area contributed by atoms with Crippen molar-refractivity contribution in [3.63, 3.8) is 0 Å². The van der Waals surface area contributed by atoms with Gasteiger partial charge in [0.05, 0.1) is 30.4 Å². The molecule has 0 unspecified atom stereocenters. The number of rotatable bonds is 3. The average molecular weight is 587 g/mol. The number of imide groups is 1. The Hall–Kier alpha value is -4.74. The summed E-state index contributed by atoms with van der Waals surface area (Å²) in [6.45, 7) is 0. The smallest absolute Gasteiger partial charge is 0.319 e. The Bertz CT molecular complexity index is 1950. The van der Waals surface area contributed by atoms with E-state index in [0.29, 0.717) is 27.6 Å². The molecule has 43 heavy (non-hydrogen) atoms. The van der Waals surface area contributed by atoms with Crippen LogP contribution in [0.25, 0.3) is 16.3 Å². The second-order valence-corrected chi connectivity index (χ2v) is 12.6. The van der Waals surface area contributed by atoms with Gasteiger partial charge in [0.2, 0.25) is 11.8 Å². The van der Waals surface area contributed by atoms with Crippen LogP contribution in [0.2, 0.25) is 0 Å². The lowest BCUT2D eigenvalue weighted by molar-refractivity contribution is -0.142. The monoisotopic (exact) mass is 586 g/mol. The summed E-state index contributed by atoms with van der Waals surface area (Å²) in [5.41, 5.74) is 3.70. The average Bonchev–Trinajstić information content (AvgIpc) is 3.53. The standard InChI is InChI=1S/C35H26N2O5S/c1-41-20-13-10-19(11-14-20)23-16-24-28-21-7-3-2-6-18(21)12-15-26(28)42-35(40)30(24)31-29(23)32(38)37(33(31)39)34-25(17-36)22-8-4-5-9-27(22)43-34/h2-3,6-7,10-16,23,29-31H,4-5,8-9H2,1H3/t23-,29+,30-,31-/m0/s1. The zero-order valence-corrected chi connectivity index (χ0v) is 24.1. The molecule has 8 rings (SSSR count). The molecular weight excluding hydrogens is 560 g/mol. The molecule has 3 heterocycles. The number of thiophene rings is 1. The maximum atomic E-state index is 14.5. The van der Waals surface area contributed by atoms with Gasteiger partial charge in [0.25, 0.3) is 0 Å². The van der Waals surface area contributed by atoms with E-state index in [1.807, 2.05) is 60.7 Å². The Morgan fingerprint density at radius 2 is 1.72 bits per heavy atom. The van der Waals surface area contributed by atoms with Crippen LogP contribution in [0.4, 0.5) is 5.00 Å². The molecule has 3 aromatic carbocycles. The number of methoxy groups -OCH3 is 1. The van der Waals surface area contributed by atoms with E-state index in [1.165, 1.54) is 16.2 Å². The molecule has 4 atom stereocenters. The lowest BCUT2D eigenvalue weighted by Gasteiger charge is -2.38. The highest BCUT2D eigenvalue weighted by Gasteiger charge is 2.61.